The van der Waals surface area contributed by atoms with Crippen LogP contribution in [0.15, 0.2) is 30.7 Å². The van der Waals surface area contributed by atoms with Crippen molar-refractivity contribution in [1.29, 1.82) is 0 Å². The minimum Gasteiger partial charge on any atom is -0.493 e. The predicted octanol–water partition coefficient (Wildman–Crippen LogP) is 2.62. The molecule has 2 aliphatic rings. The molecule has 0 bridgehead atoms. The lowest BCUT2D eigenvalue weighted by Gasteiger charge is -2.05. The molecule has 2 aromatic rings. The Morgan fingerprint density at radius 3 is 3.18 bits per heavy atom. The molecule has 3 heteroatoms. The van der Waals surface area contributed by atoms with E-state index in [-0.39, 0.29) is 0 Å². The molecule has 1 aromatic carbocycles. The van der Waals surface area contributed by atoms with Gasteiger partial charge in [-0.25, -0.2) is 4.98 Å². The highest BCUT2D eigenvalue weighted by Crippen LogP contribution is 2.55. The van der Waals surface area contributed by atoms with Gasteiger partial charge in [0.1, 0.15) is 5.75 Å². The summed E-state index contributed by atoms with van der Waals surface area (Å²) in [4.78, 5) is 7.33. The maximum atomic E-state index is 5.62. The van der Waals surface area contributed by atoms with E-state index in [0.29, 0.717) is 11.8 Å². The first-order valence-corrected chi connectivity index (χ1v) is 6.16. The number of fused-ring (bicyclic) bond motifs is 1. The largest absolute Gasteiger partial charge is 0.493 e. The Labute approximate surface area is 99.8 Å². The monoisotopic (exact) mass is 226 g/mol. The first-order valence-electron chi connectivity index (χ1n) is 6.16. The Balaban J connectivity index is 1.68. The summed E-state index contributed by atoms with van der Waals surface area (Å²) >= 11 is 0. The summed E-state index contributed by atoms with van der Waals surface area (Å²) in [6, 6.07) is 6.45. The molecule has 2 atom stereocenters. The van der Waals surface area contributed by atoms with E-state index in [4.69, 9.17) is 4.74 Å². The zero-order valence-electron chi connectivity index (χ0n) is 9.52. The molecule has 4 rings (SSSR count). The average Bonchev–Trinajstić information content (AvgIpc) is 2.84. The van der Waals surface area contributed by atoms with E-state index in [1.807, 2.05) is 6.20 Å². The van der Waals surface area contributed by atoms with Crippen LogP contribution in [0.25, 0.3) is 0 Å². The van der Waals surface area contributed by atoms with Gasteiger partial charge in [0.15, 0.2) is 0 Å². The van der Waals surface area contributed by atoms with E-state index in [0.717, 1.165) is 18.8 Å². The van der Waals surface area contributed by atoms with Gasteiger partial charge < -0.3 is 9.72 Å². The minimum atomic E-state index is 0.629. The maximum Gasteiger partial charge on any atom is 0.122 e. The standard InChI is InChI=1S/C14H14N2O/c1-2-9(10-4-5-17-14(10)3-1)11-6-12(11)13-7-15-8-16-13/h1-3,7-8,11-12H,4-6H2,(H,15,16). The number of rotatable bonds is 2. The number of nitrogens with zero attached hydrogens (tertiary/aromatic N) is 1. The fourth-order valence-corrected chi connectivity index (χ4v) is 2.95. The number of aromatic nitrogens is 2. The van der Waals surface area contributed by atoms with Gasteiger partial charge in [-0.05, 0) is 24.0 Å². The van der Waals surface area contributed by atoms with Crippen molar-refractivity contribution in [3.63, 3.8) is 0 Å². The zero-order chi connectivity index (χ0) is 11.2. The molecule has 0 radical (unpaired) electrons. The number of imidazole rings is 1. The van der Waals surface area contributed by atoms with Crippen LogP contribution in [0.3, 0.4) is 0 Å². The van der Waals surface area contributed by atoms with Crippen LogP contribution in [0.4, 0.5) is 0 Å². The topological polar surface area (TPSA) is 37.9 Å². The normalized spacial score (nSPS) is 25.4. The lowest BCUT2D eigenvalue weighted by Crippen LogP contribution is -1.90. The van der Waals surface area contributed by atoms with Crippen molar-refractivity contribution < 1.29 is 4.74 Å². The van der Waals surface area contributed by atoms with Crippen LogP contribution < -0.4 is 4.74 Å². The number of hydrogen-bond acceptors (Lipinski definition) is 2. The second kappa shape index (κ2) is 3.36. The van der Waals surface area contributed by atoms with Crippen molar-refractivity contribution >= 4 is 0 Å². The molecule has 17 heavy (non-hydrogen) atoms. The van der Waals surface area contributed by atoms with Crippen molar-refractivity contribution in [3.05, 3.63) is 47.5 Å². The molecule has 1 fully saturated rings. The van der Waals surface area contributed by atoms with Gasteiger partial charge in [0.25, 0.3) is 0 Å². The van der Waals surface area contributed by atoms with E-state index in [1.54, 1.807) is 6.33 Å². The molecule has 0 saturated heterocycles. The summed E-state index contributed by atoms with van der Waals surface area (Å²) in [6.07, 6.45) is 6.02. The molecule has 1 aliphatic heterocycles. The second-order valence-corrected chi connectivity index (χ2v) is 4.88. The predicted molar refractivity (Wildman–Crippen MR) is 64.3 cm³/mol. The lowest BCUT2D eigenvalue weighted by molar-refractivity contribution is 0.357. The fourth-order valence-electron chi connectivity index (χ4n) is 2.95. The third kappa shape index (κ3) is 1.38. The highest BCUT2D eigenvalue weighted by molar-refractivity contribution is 5.48. The minimum absolute atomic E-state index is 0.629. The van der Waals surface area contributed by atoms with Crippen LogP contribution in [-0.2, 0) is 6.42 Å². The van der Waals surface area contributed by atoms with Gasteiger partial charge in [-0.15, -0.1) is 0 Å². The van der Waals surface area contributed by atoms with E-state index in [2.05, 4.69) is 28.2 Å². The fraction of sp³-hybridized carbons (Fsp3) is 0.357. The molecule has 1 saturated carbocycles. The van der Waals surface area contributed by atoms with Gasteiger partial charge in [0.2, 0.25) is 0 Å². The van der Waals surface area contributed by atoms with Crippen LogP contribution in [0, 0.1) is 0 Å². The number of aromatic amines is 1. The van der Waals surface area contributed by atoms with Gasteiger partial charge in [-0.2, -0.15) is 0 Å². The van der Waals surface area contributed by atoms with E-state index in [9.17, 15) is 0 Å². The first kappa shape index (κ1) is 9.28. The molecule has 86 valence electrons. The van der Waals surface area contributed by atoms with E-state index < -0.39 is 0 Å². The number of nitrogens with one attached hydrogen (secondary N) is 1. The Bertz CT molecular complexity index is 547. The van der Waals surface area contributed by atoms with E-state index >= 15 is 0 Å². The molecular formula is C14H14N2O. The van der Waals surface area contributed by atoms with Crippen molar-refractivity contribution in [3.8, 4) is 5.75 Å². The first-order chi connectivity index (χ1) is 8.43. The second-order valence-electron chi connectivity index (χ2n) is 4.88. The lowest BCUT2D eigenvalue weighted by atomic mass is 9.99. The molecule has 1 N–H and O–H groups in total. The van der Waals surface area contributed by atoms with Gasteiger partial charge in [0, 0.05) is 29.8 Å². The molecular weight excluding hydrogens is 212 g/mol. The summed E-state index contributed by atoms with van der Waals surface area (Å²) in [5, 5.41) is 0. The maximum absolute atomic E-state index is 5.62. The quantitative estimate of drug-likeness (QED) is 0.854. The number of hydrogen-bond donors (Lipinski definition) is 1. The summed E-state index contributed by atoms with van der Waals surface area (Å²) < 4.78 is 5.62. The molecule has 2 unspecified atom stereocenters. The van der Waals surface area contributed by atoms with E-state index in [1.165, 1.54) is 23.2 Å². The van der Waals surface area contributed by atoms with Gasteiger partial charge >= 0.3 is 0 Å². The Morgan fingerprint density at radius 1 is 1.29 bits per heavy atom. The van der Waals surface area contributed by atoms with Crippen LogP contribution in [0.1, 0.15) is 35.1 Å². The number of benzene rings is 1. The number of ether oxygens (including phenoxy) is 1. The molecule has 1 aromatic heterocycles. The van der Waals surface area contributed by atoms with Crippen molar-refractivity contribution in [2.24, 2.45) is 0 Å². The van der Waals surface area contributed by atoms with Crippen molar-refractivity contribution in [1.82, 2.24) is 9.97 Å². The van der Waals surface area contributed by atoms with Crippen LogP contribution >= 0.6 is 0 Å². The Kier molecular flexibility index (Phi) is 1.83. The smallest absolute Gasteiger partial charge is 0.122 e. The molecule has 0 spiro atoms. The summed E-state index contributed by atoms with van der Waals surface area (Å²) in [7, 11) is 0. The van der Waals surface area contributed by atoms with Crippen molar-refractivity contribution in [2.75, 3.05) is 6.61 Å². The van der Waals surface area contributed by atoms with Gasteiger partial charge in [-0.1, -0.05) is 12.1 Å². The summed E-state index contributed by atoms with van der Waals surface area (Å²) in [6.45, 7) is 0.841. The Hall–Kier alpha value is -1.77. The van der Waals surface area contributed by atoms with Crippen LogP contribution in [-0.4, -0.2) is 16.6 Å². The number of H-pyrrole nitrogens is 1. The zero-order valence-corrected chi connectivity index (χ0v) is 9.52. The SMILES string of the molecule is c1cc2c(c(C3CC3c3cnc[nH]3)c1)CCO2. The average molecular weight is 226 g/mol. The molecule has 0 amide bonds. The van der Waals surface area contributed by atoms with Crippen LogP contribution in [0.5, 0.6) is 5.75 Å². The Morgan fingerprint density at radius 2 is 2.29 bits per heavy atom. The summed E-state index contributed by atoms with van der Waals surface area (Å²) in [5.41, 5.74) is 4.19. The third-order valence-corrected chi connectivity index (χ3v) is 3.89. The highest BCUT2D eigenvalue weighted by Gasteiger charge is 2.42. The van der Waals surface area contributed by atoms with Gasteiger partial charge in [-0.3, -0.25) is 0 Å². The molecule has 2 heterocycles. The summed E-state index contributed by atoms with van der Waals surface area (Å²) in [5.74, 6) is 2.38. The highest BCUT2D eigenvalue weighted by atomic mass is 16.5. The third-order valence-electron chi connectivity index (χ3n) is 3.89. The molecule has 1 aliphatic carbocycles. The van der Waals surface area contributed by atoms with Gasteiger partial charge in [0.05, 0.1) is 12.9 Å². The van der Waals surface area contributed by atoms with Crippen molar-refractivity contribution in [2.45, 2.75) is 24.7 Å². The van der Waals surface area contributed by atoms with Crippen LogP contribution in [0.2, 0.25) is 0 Å². The molecule has 3 nitrogen and oxygen atoms in total.